The van der Waals surface area contributed by atoms with Gasteiger partial charge in [0.2, 0.25) is 0 Å². The summed E-state index contributed by atoms with van der Waals surface area (Å²) in [4.78, 5) is 16.2. The molecule has 0 saturated heterocycles. The van der Waals surface area contributed by atoms with Crippen molar-refractivity contribution in [2.75, 3.05) is 39.3 Å². The zero-order valence-electron chi connectivity index (χ0n) is 16.5. The van der Waals surface area contributed by atoms with Crippen molar-refractivity contribution in [3.05, 3.63) is 12.2 Å². The number of nitrogens with zero attached hydrogens (tertiary/aromatic N) is 2. The molecule has 0 heterocycles. The maximum atomic E-state index is 11.4. The van der Waals surface area contributed by atoms with Crippen molar-refractivity contribution in [1.82, 2.24) is 9.80 Å². The summed E-state index contributed by atoms with van der Waals surface area (Å²) in [5.41, 5.74) is 0.382. The monoisotopic (exact) mass is 340 g/mol. The maximum absolute atomic E-state index is 11.4. The van der Waals surface area contributed by atoms with Crippen molar-refractivity contribution in [2.24, 2.45) is 5.92 Å². The Hall–Kier alpha value is -0.870. The van der Waals surface area contributed by atoms with E-state index in [0.717, 1.165) is 52.1 Å². The van der Waals surface area contributed by atoms with Gasteiger partial charge in [-0.05, 0) is 70.9 Å². The molecule has 0 fully saturated rings. The van der Waals surface area contributed by atoms with E-state index in [9.17, 15) is 9.90 Å². The van der Waals surface area contributed by atoms with Crippen LogP contribution in [0, 0.1) is 5.92 Å². The van der Waals surface area contributed by atoms with Crippen molar-refractivity contribution in [1.29, 1.82) is 0 Å². The lowest BCUT2D eigenvalue weighted by Crippen LogP contribution is -2.31. The summed E-state index contributed by atoms with van der Waals surface area (Å²) in [5.74, 6) is -0.762. The highest BCUT2D eigenvalue weighted by atomic mass is 16.4. The van der Waals surface area contributed by atoms with Crippen LogP contribution in [0.3, 0.4) is 0 Å². The second-order valence-corrected chi connectivity index (χ2v) is 6.68. The van der Waals surface area contributed by atoms with Crippen LogP contribution >= 0.6 is 0 Å². The first-order valence-corrected chi connectivity index (χ1v) is 9.86. The third-order valence-electron chi connectivity index (χ3n) is 4.91. The number of carbonyl (C=O) groups is 1. The minimum Gasteiger partial charge on any atom is -0.478 e. The first-order valence-electron chi connectivity index (χ1n) is 9.86. The van der Waals surface area contributed by atoms with E-state index in [1.807, 2.05) is 0 Å². The van der Waals surface area contributed by atoms with Gasteiger partial charge in [0.15, 0.2) is 0 Å². The van der Waals surface area contributed by atoms with Crippen molar-refractivity contribution in [2.45, 2.75) is 66.2 Å². The van der Waals surface area contributed by atoms with Gasteiger partial charge in [-0.1, -0.05) is 47.1 Å². The molecule has 0 bridgehead atoms. The molecule has 4 heteroatoms. The molecule has 0 aromatic rings. The fraction of sp³-hybridized carbons (Fsp3) is 0.850. The van der Waals surface area contributed by atoms with Crippen molar-refractivity contribution < 1.29 is 9.90 Å². The number of hydrogen-bond acceptors (Lipinski definition) is 3. The Morgan fingerprint density at radius 3 is 1.71 bits per heavy atom. The third kappa shape index (κ3) is 10.1. The van der Waals surface area contributed by atoms with Gasteiger partial charge >= 0.3 is 5.97 Å². The van der Waals surface area contributed by atoms with E-state index in [1.54, 1.807) is 0 Å². The van der Waals surface area contributed by atoms with Crippen LogP contribution in [0.15, 0.2) is 12.2 Å². The maximum Gasteiger partial charge on any atom is 0.331 e. The molecule has 1 unspecified atom stereocenters. The van der Waals surface area contributed by atoms with Crippen LogP contribution in [0.1, 0.15) is 66.2 Å². The molecule has 0 aromatic carbocycles. The third-order valence-corrected chi connectivity index (χ3v) is 4.91. The molecule has 0 spiro atoms. The van der Waals surface area contributed by atoms with Gasteiger partial charge in [0.25, 0.3) is 0 Å². The molecule has 142 valence electrons. The van der Waals surface area contributed by atoms with E-state index in [-0.39, 0.29) is 5.92 Å². The van der Waals surface area contributed by atoms with Crippen molar-refractivity contribution >= 4 is 5.97 Å². The van der Waals surface area contributed by atoms with E-state index in [0.29, 0.717) is 5.57 Å². The van der Waals surface area contributed by atoms with Gasteiger partial charge < -0.3 is 14.9 Å². The standard InChI is InChI=1S/C20H40N2O2/c1-6-10-14-22(15-11-7-2)17-13-19(18(5)20(23)24)12-16-21(8-3)9-4/h19H,5-17H2,1-4H3,(H,23,24). The van der Waals surface area contributed by atoms with Gasteiger partial charge in [0.1, 0.15) is 0 Å². The zero-order chi connectivity index (χ0) is 18.4. The van der Waals surface area contributed by atoms with E-state index >= 15 is 0 Å². The second kappa shape index (κ2) is 14.5. The summed E-state index contributed by atoms with van der Waals surface area (Å²) in [6.45, 7) is 18.8. The lowest BCUT2D eigenvalue weighted by molar-refractivity contribution is -0.133. The predicted molar refractivity (Wildman–Crippen MR) is 104 cm³/mol. The average molecular weight is 341 g/mol. The quantitative estimate of drug-likeness (QED) is 0.426. The molecule has 0 amide bonds. The van der Waals surface area contributed by atoms with Crippen LogP contribution in [0.2, 0.25) is 0 Å². The Balaban J connectivity index is 4.64. The number of carboxylic acid groups (broad SMARTS) is 1. The largest absolute Gasteiger partial charge is 0.478 e. The molecule has 0 aromatic heterocycles. The first kappa shape index (κ1) is 23.1. The second-order valence-electron chi connectivity index (χ2n) is 6.68. The molecule has 0 aliphatic carbocycles. The summed E-state index contributed by atoms with van der Waals surface area (Å²) in [7, 11) is 0. The highest BCUT2D eigenvalue weighted by molar-refractivity contribution is 5.86. The highest BCUT2D eigenvalue weighted by Crippen LogP contribution is 2.20. The normalized spacial score (nSPS) is 12.8. The van der Waals surface area contributed by atoms with Gasteiger partial charge in [-0.2, -0.15) is 0 Å². The molecule has 24 heavy (non-hydrogen) atoms. The smallest absolute Gasteiger partial charge is 0.331 e. The Morgan fingerprint density at radius 2 is 1.33 bits per heavy atom. The van der Waals surface area contributed by atoms with E-state index in [1.165, 1.54) is 25.7 Å². The molecular weight excluding hydrogens is 300 g/mol. The van der Waals surface area contributed by atoms with Crippen LogP contribution in [-0.4, -0.2) is 60.1 Å². The highest BCUT2D eigenvalue weighted by Gasteiger charge is 2.20. The Kier molecular flexibility index (Phi) is 13.9. The minimum absolute atomic E-state index is 0.0776. The van der Waals surface area contributed by atoms with Crippen LogP contribution in [0.25, 0.3) is 0 Å². The lowest BCUT2D eigenvalue weighted by Gasteiger charge is -2.27. The minimum atomic E-state index is -0.840. The Labute approximate surface area is 149 Å². The summed E-state index contributed by atoms with van der Waals surface area (Å²) in [6.07, 6.45) is 6.63. The summed E-state index contributed by atoms with van der Waals surface area (Å²) in [5, 5.41) is 9.35. The van der Waals surface area contributed by atoms with Crippen LogP contribution in [-0.2, 0) is 4.79 Å². The summed E-state index contributed by atoms with van der Waals surface area (Å²) >= 11 is 0. The fourth-order valence-electron chi connectivity index (χ4n) is 2.98. The Morgan fingerprint density at radius 1 is 0.875 bits per heavy atom. The van der Waals surface area contributed by atoms with Gasteiger partial charge in [-0.3, -0.25) is 0 Å². The molecular formula is C20H40N2O2. The molecule has 0 rings (SSSR count). The van der Waals surface area contributed by atoms with Gasteiger partial charge in [-0.25, -0.2) is 4.79 Å². The summed E-state index contributed by atoms with van der Waals surface area (Å²) in [6, 6.07) is 0. The van der Waals surface area contributed by atoms with Crippen LogP contribution in [0.5, 0.6) is 0 Å². The number of hydrogen-bond donors (Lipinski definition) is 1. The van der Waals surface area contributed by atoms with Crippen LogP contribution < -0.4 is 0 Å². The molecule has 4 nitrogen and oxygen atoms in total. The van der Waals surface area contributed by atoms with Gasteiger partial charge in [-0.15, -0.1) is 0 Å². The number of carboxylic acids is 1. The Bertz CT molecular complexity index is 333. The first-order chi connectivity index (χ1) is 11.5. The average Bonchev–Trinajstić information content (AvgIpc) is 2.58. The number of rotatable bonds is 16. The zero-order valence-corrected chi connectivity index (χ0v) is 16.5. The van der Waals surface area contributed by atoms with E-state index < -0.39 is 5.97 Å². The molecule has 1 N–H and O–H groups in total. The molecule has 1 atom stereocenters. The molecule has 0 saturated carbocycles. The predicted octanol–water partition coefficient (Wildman–Crippen LogP) is 4.27. The van der Waals surface area contributed by atoms with Crippen molar-refractivity contribution in [3.8, 4) is 0 Å². The molecule has 0 aliphatic heterocycles. The van der Waals surface area contributed by atoms with E-state index in [4.69, 9.17) is 0 Å². The van der Waals surface area contributed by atoms with Gasteiger partial charge in [0, 0.05) is 5.57 Å². The fourth-order valence-corrected chi connectivity index (χ4v) is 2.98. The lowest BCUT2D eigenvalue weighted by atomic mass is 9.92. The van der Waals surface area contributed by atoms with E-state index in [2.05, 4.69) is 44.1 Å². The molecule has 0 aliphatic rings. The topological polar surface area (TPSA) is 43.8 Å². The number of aliphatic carboxylic acids is 1. The molecule has 0 radical (unpaired) electrons. The van der Waals surface area contributed by atoms with Crippen molar-refractivity contribution in [3.63, 3.8) is 0 Å². The summed E-state index contributed by atoms with van der Waals surface area (Å²) < 4.78 is 0. The number of unbranched alkanes of at least 4 members (excludes halogenated alkanes) is 2. The van der Waals surface area contributed by atoms with Gasteiger partial charge in [0.05, 0.1) is 0 Å². The SMILES string of the molecule is C=C(C(=O)O)C(CCN(CC)CC)CCN(CCCC)CCCC. The van der Waals surface area contributed by atoms with Crippen LogP contribution in [0.4, 0.5) is 0 Å².